The van der Waals surface area contributed by atoms with Gasteiger partial charge in [-0.1, -0.05) is 60.5 Å². The third-order valence-electron chi connectivity index (χ3n) is 3.07. The minimum Gasteiger partial charge on any atom is -0.115 e. The summed E-state index contributed by atoms with van der Waals surface area (Å²) in [5, 5.41) is 2.43. The first-order valence-electron chi connectivity index (χ1n) is 5.85. The van der Waals surface area contributed by atoms with Gasteiger partial charge in [0.15, 0.2) is 0 Å². The van der Waals surface area contributed by atoms with Crippen LogP contribution in [0.25, 0.3) is 21.9 Å². The van der Waals surface area contributed by atoms with E-state index >= 15 is 0 Å². The van der Waals surface area contributed by atoms with Crippen molar-refractivity contribution < 1.29 is 0 Å². The van der Waals surface area contributed by atoms with E-state index in [1.807, 2.05) is 30.3 Å². The van der Waals surface area contributed by atoms with E-state index in [-0.39, 0.29) is 0 Å². The molecule has 1 radical (unpaired) electrons. The SMILES string of the molecule is C#Cc1ccc[c]c1-c1cccc2ccccc12. The van der Waals surface area contributed by atoms with Gasteiger partial charge in [0.05, 0.1) is 0 Å². The molecule has 3 rings (SSSR count). The predicted octanol–water partition coefficient (Wildman–Crippen LogP) is 4.29. The predicted molar refractivity (Wildman–Crippen MR) is 76.2 cm³/mol. The maximum Gasteiger partial charge on any atom is 0.0327 e. The lowest BCUT2D eigenvalue weighted by Gasteiger charge is -2.08. The van der Waals surface area contributed by atoms with Crippen LogP contribution in [0, 0.1) is 18.4 Å². The highest BCUT2D eigenvalue weighted by Crippen LogP contribution is 2.30. The summed E-state index contributed by atoms with van der Waals surface area (Å²) >= 11 is 0. The van der Waals surface area contributed by atoms with Crippen LogP contribution >= 0.6 is 0 Å². The normalized spacial score (nSPS) is 10.2. The Kier molecular flexibility index (Phi) is 2.59. The van der Waals surface area contributed by atoms with Crippen LogP contribution in [0.5, 0.6) is 0 Å². The number of rotatable bonds is 1. The van der Waals surface area contributed by atoms with Gasteiger partial charge in [-0.05, 0) is 28.5 Å². The minimum atomic E-state index is 0.883. The van der Waals surface area contributed by atoms with E-state index in [4.69, 9.17) is 6.42 Å². The Morgan fingerprint density at radius 3 is 2.61 bits per heavy atom. The maximum absolute atomic E-state index is 5.56. The molecule has 0 aromatic heterocycles. The van der Waals surface area contributed by atoms with Gasteiger partial charge >= 0.3 is 0 Å². The quantitative estimate of drug-likeness (QED) is 0.544. The van der Waals surface area contributed by atoms with Crippen LogP contribution in [-0.4, -0.2) is 0 Å². The Hall–Kier alpha value is -2.52. The van der Waals surface area contributed by atoms with Crippen molar-refractivity contribution in [1.29, 1.82) is 0 Å². The Labute approximate surface area is 107 Å². The third-order valence-corrected chi connectivity index (χ3v) is 3.07. The highest BCUT2D eigenvalue weighted by molar-refractivity contribution is 5.97. The molecule has 0 fully saturated rings. The van der Waals surface area contributed by atoms with Crippen molar-refractivity contribution >= 4 is 10.8 Å². The van der Waals surface area contributed by atoms with Gasteiger partial charge in [-0.3, -0.25) is 0 Å². The Bertz CT molecular complexity index is 740. The van der Waals surface area contributed by atoms with E-state index in [9.17, 15) is 0 Å². The van der Waals surface area contributed by atoms with Gasteiger partial charge in [0.1, 0.15) is 0 Å². The lowest BCUT2D eigenvalue weighted by molar-refractivity contribution is 1.60. The summed E-state index contributed by atoms with van der Waals surface area (Å²) < 4.78 is 0. The molecule has 0 bridgehead atoms. The van der Waals surface area contributed by atoms with Gasteiger partial charge in [-0.25, -0.2) is 0 Å². The molecule has 0 nitrogen and oxygen atoms in total. The van der Waals surface area contributed by atoms with Crippen LogP contribution in [0.1, 0.15) is 5.56 Å². The zero-order valence-electron chi connectivity index (χ0n) is 9.85. The van der Waals surface area contributed by atoms with E-state index in [1.54, 1.807) is 0 Å². The Balaban J connectivity index is 2.36. The van der Waals surface area contributed by atoms with Gasteiger partial charge < -0.3 is 0 Å². The first-order valence-corrected chi connectivity index (χ1v) is 5.85. The fourth-order valence-electron chi connectivity index (χ4n) is 2.22. The van der Waals surface area contributed by atoms with E-state index in [0.29, 0.717) is 0 Å². The number of hydrogen-bond acceptors (Lipinski definition) is 0. The second-order valence-electron chi connectivity index (χ2n) is 4.13. The van der Waals surface area contributed by atoms with Crippen LogP contribution in [0.4, 0.5) is 0 Å². The molecule has 0 N–H and O–H groups in total. The van der Waals surface area contributed by atoms with Crippen molar-refractivity contribution in [3.05, 3.63) is 72.3 Å². The molecule has 83 valence electrons. The first kappa shape index (κ1) is 10.6. The van der Waals surface area contributed by atoms with Crippen LogP contribution < -0.4 is 0 Å². The number of benzene rings is 3. The van der Waals surface area contributed by atoms with Crippen LogP contribution in [-0.2, 0) is 0 Å². The fraction of sp³-hybridized carbons (Fsp3) is 0. The van der Waals surface area contributed by atoms with Crippen LogP contribution in [0.2, 0.25) is 0 Å². The monoisotopic (exact) mass is 227 g/mol. The average Bonchev–Trinajstić information content (AvgIpc) is 2.46. The molecule has 0 heterocycles. The molecule has 0 spiro atoms. The second-order valence-corrected chi connectivity index (χ2v) is 4.13. The molecule has 0 saturated heterocycles. The van der Waals surface area contributed by atoms with Gasteiger partial charge in [0.25, 0.3) is 0 Å². The molecular weight excluding hydrogens is 216 g/mol. The number of fused-ring (bicyclic) bond motifs is 1. The summed E-state index contributed by atoms with van der Waals surface area (Å²) in [7, 11) is 0. The summed E-state index contributed by atoms with van der Waals surface area (Å²) in [5.74, 6) is 2.73. The number of terminal acetylenes is 1. The van der Waals surface area contributed by atoms with Crippen LogP contribution in [0.3, 0.4) is 0 Å². The molecule has 0 heteroatoms. The summed E-state index contributed by atoms with van der Waals surface area (Å²) in [6.45, 7) is 0. The van der Waals surface area contributed by atoms with Gasteiger partial charge in [0.2, 0.25) is 0 Å². The molecule has 3 aromatic carbocycles. The van der Waals surface area contributed by atoms with E-state index in [1.165, 1.54) is 10.8 Å². The maximum atomic E-state index is 5.56. The molecule has 3 aromatic rings. The van der Waals surface area contributed by atoms with Gasteiger partial charge in [-0.15, -0.1) is 6.42 Å². The van der Waals surface area contributed by atoms with Gasteiger partial charge in [-0.2, -0.15) is 0 Å². The van der Waals surface area contributed by atoms with E-state index in [2.05, 4.69) is 42.3 Å². The topological polar surface area (TPSA) is 0 Å². The third kappa shape index (κ3) is 1.67. The first-order chi connectivity index (χ1) is 8.90. The lowest BCUT2D eigenvalue weighted by Crippen LogP contribution is -1.85. The Morgan fingerprint density at radius 1 is 0.889 bits per heavy atom. The van der Waals surface area contributed by atoms with Crippen molar-refractivity contribution in [2.45, 2.75) is 0 Å². The van der Waals surface area contributed by atoms with Gasteiger partial charge in [0, 0.05) is 11.1 Å². The molecule has 0 aliphatic rings. The fourth-order valence-corrected chi connectivity index (χ4v) is 2.22. The lowest BCUT2D eigenvalue weighted by atomic mass is 9.95. The van der Waals surface area contributed by atoms with Crippen molar-refractivity contribution in [3.63, 3.8) is 0 Å². The summed E-state index contributed by atoms with van der Waals surface area (Å²) in [4.78, 5) is 0. The number of hydrogen-bond donors (Lipinski definition) is 0. The van der Waals surface area contributed by atoms with E-state index in [0.717, 1.165) is 16.7 Å². The highest BCUT2D eigenvalue weighted by Gasteiger charge is 2.06. The zero-order valence-corrected chi connectivity index (χ0v) is 9.85. The standard InChI is InChI=1S/C18H11/c1-2-14-8-3-5-11-16(14)18-13-7-10-15-9-4-6-12-17(15)18/h1,3-10,12-13H. The molecule has 18 heavy (non-hydrogen) atoms. The highest BCUT2D eigenvalue weighted by atomic mass is 14.1. The van der Waals surface area contributed by atoms with E-state index < -0.39 is 0 Å². The van der Waals surface area contributed by atoms with Crippen molar-refractivity contribution in [2.75, 3.05) is 0 Å². The van der Waals surface area contributed by atoms with Crippen molar-refractivity contribution in [3.8, 4) is 23.5 Å². The molecule has 0 unspecified atom stereocenters. The van der Waals surface area contributed by atoms with Crippen molar-refractivity contribution in [2.24, 2.45) is 0 Å². The molecular formula is C18H11. The second kappa shape index (κ2) is 4.39. The molecule has 0 saturated carbocycles. The van der Waals surface area contributed by atoms with Crippen LogP contribution in [0.15, 0.2) is 60.7 Å². The van der Waals surface area contributed by atoms with Crippen molar-refractivity contribution in [1.82, 2.24) is 0 Å². The summed E-state index contributed by atoms with van der Waals surface area (Å²) in [6.07, 6.45) is 5.56. The molecule has 0 atom stereocenters. The molecule has 0 aliphatic heterocycles. The smallest absolute Gasteiger partial charge is 0.0327 e. The molecule has 0 aliphatic carbocycles. The minimum absolute atomic E-state index is 0.883. The average molecular weight is 227 g/mol. The Morgan fingerprint density at radius 2 is 1.72 bits per heavy atom. The molecule has 0 amide bonds. The summed E-state index contributed by atoms with van der Waals surface area (Å²) in [6, 6.07) is 23.6. The zero-order chi connectivity index (χ0) is 12.4. The summed E-state index contributed by atoms with van der Waals surface area (Å²) in [5.41, 5.74) is 3.02. The largest absolute Gasteiger partial charge is 0.115 e.